The number of aryl methyl sites for hydroxylation is 1. The number of aromatic nitrogens is 4. The van der Waals surface area contributed by atoms with Crippen LogP contribution in [-0.4, -0.2) is 46.0 Å². The number of thiazole rings is 1. The van der Waals surface area contributed by atoms with Crippen molar-refractivity contribution in [2.75, 3.05) is 17.8 Å². The van der Waals surface area contributed by atoms with Crippen LogP contribution in [0.5, 0.6) is 0 Å². The van der Waals surface area contributed by atoms with Gasteiger partial charge in [-0.2, -0.15) is 0 Å². The van der Waals surface area contributed by atoms with Crippen molar-refractivity contribution in [2.24, 2.45) is 0 Å². The number of ether oxygens (including phenoxy) is 1. The molecule has 4 rings (SSSR count). The fourth-order valence-corrected chi connectivity index (χ4v) is 5.21. The third kappa shape index (κ3) is 5.90. The van der Waals surface area contributed by atoms with Gasteiger partial charge in [0.2, 0.25) is 5.91 Å². The molecule has 10 heteroatoms. The molecule has 0 fully saturated rings. The Morgan fingerprint density at radius 3 is 2.76 bits per heavy atom. The average Bonchev–Trinajstić information content (AvgIpc) is 3.38. The molecule has 0 bridgehead atoms. The van der Waals surface area contributed by atoms with E-state index in [4.69, 9.17) is 26.3 Å². The van der Waals surface area contributed by atoms with Crippen LogP contribution in [0.4, 0.5) is 5.13 Å². The minimum atomic E-state index is -1.17. The number of imidazole rings is 1. The summed E-state index contributed by atoms with van der Waals surface area (Å²) >= 11 is 7.03. The Morgan fingerprint density at radius 1 is 1.21 bits per heavy atom. The van der Waals surface area contributed by atoms with E-state index in [0.29, 0.717) is 11.9 Å². The Bertz CT molecular complexity index is 1310. The van der Waals surface area contributed by atoms with Gasteiger partial charge >= 0.3 is 0 Å². The normalized spacial score (nSPS) is 11.8. The zero-order valence-electron chi connectivity index (χ0n) is 19.8. The minimum Gasteiger partial charge on any atom is -0.361 e. The zero-order chi connectivity index (χ0) is 24.3. The van der Waals surface area contributed by atoms with Crippen LogP contribution in [0, 0.1) is 6.92 Å². The molecule has 0 spiro atoms. The van der Waals surface area contributed by atoms with Gasteiger partial charge in [-0.05, 0) is 37.2 Å². The van der Waals surface area contributed by atoms with Crippen LogP contribution in [0.3, 0.4) is 0 Å². The Labute approximate surface area is 209 Å². The van der Waals surface area contributed by atoms with Crippen molar-refractivity contribution in [3.63, 3.8) is 0 Å². The summed E-state index contributed by atoms with van der Waals surface area (Å²) in [7, 11) is -1.17. The molecule has 0 saturated heterocycles. The molecule has 1 aromatic carbocycles. The summed E-state index contributed by atoms with van der Waals surface area (Å²) < 4.78 is 9.03. The quantitative estimate of drug-likeness (QED) is 0.168. The summed E-state index contributed by atoms with van der Waals surface area (Å²) in [6, 6.07) is 13.1. The summed E-state index contributed by atoms with van der Waals surface area (Å²) in [6.45, 7) is 10.1. The zero-order valence-corrected chi connectivity index (χ0v) is 22.3. The number of carbonyl (C=O) groups is 1. The van der Waals surface area contributed by atoms with Crippen molar-refractivity contribution in [1.29, 1.82) is 0 Å². The molecule has 3 aromatic heterocycles. The number of alkyl halides is 1. The Morgan fingerprint density at radius 2 is 2.03 bits per heavy atom. The lowest BCUT2D eigenvalue weighted by molar-refractivity contribution is -0.113. The lowest BCUT2D eigenvalue weighted by Gasteiger charge is -2.16. The summed E-state index contributed by atoms with van der Waals surface area (Å²) in [5.74, 6) is -0.382. The molecular weight excluding hydrogens is 486 g/mol. The molecular formula is C24H28ClN5O2SSi. The van der Waals surface area contributed by atoms with Crippen molar-refractivity contribution in [1.82, 2.24) is 19.5 Å². The van der Waals surface area contributed by atoms with Gasteiger partial charge in [0, 0.05) is 25.9 Å². The number of carbonyl (C=O) groups excluding carboxylic acids is 1. The van der Waals surface area contributed by atoms with E-state index in [0.717, 1.165) is 51.2 Å². The topological polar surface area (TPSA) is 81.9 Å². The van der Waals surface area contributed by atoms with Crippen molar-refractivity contribution >= 4 is 52.3 Å². The van der Waals surface area contributed by atoms with Gasteiger partial charge < -0.3 is 14.6 Å². The van der Waals surface area contributed by atoms with Crippen molar-refractivity contribution < 1.29 is 9.53 Å². The highest BCUT2D eigenvalue weighted by Crippen LogP contribution is 2.35. The molecule has 3 heterocycles. The highest BCUT2D eigenvalue weighted by molar-refractivity contribution is 7.22. The molecule has 0 saturated carbocycles. The highest BCUT2D eigenvalue weighted by atomic mass is 35.5. The van der Waals surface area contributed by atoms with Gasteiger partial charge in [0.25, 0.3) is 0 Å². The number of pyridine rings is 1. The largest absolute Gasteiger partial charge is 0.361 e. The Balaban J connectivity index is 1.71. The molecule has 0 atom stereocenters. The number of rotatable bonds is 9. The number of nitrogens with zero attached hydrogens (tertiary/aromatic N) is 4. The minimum absolute atomic E-state index is 0.106. The predicted molar refractivity (Wildman–Crippen MR) is 142 cm³/mol. The van der Waals surface area contributed by atoms with Crippen molar-refractivity contribution in [3.8, 4) is 22.6 Å². The van der Waals surface area contributed by atoms with E-state index in [1.54, 1.807) is 0 Å². The first-order valence-electron chi connectivity index (χ1n) is 11.1. The number of benzene rings is 1. The van der Waals surface area contributed by atoms with Gasteiger partial charge in [-0.3, -0.25) is 9.78 Å². The van der Waals surface area contributed by atoms with E-state index in [-0.39, 0.29) is 11.8 Å². The van der Waals surface area contributed by atoms with Gasteiger partial charge in [0.05, 0.1) is 27.9 Å². The van der Waals surface area contributed by atoms with Crippen molar-refractivity contribution in [3.05, 3.63) is 48.4 Å². The van der Waals surface area contributed by atoms with Crippen LogP contribution in [0.2, 0.25) is 25.7 Å². The lowest BCUT2D eigenvalue weighted by Crippen LogP contribution is -2.22. The summed E-state index contributed by atoms with van der Waals surface area (Å²) in [5.41, 5.74) is 5.28. The number of hydrogen-bond donors (Lipinski definition) is 1. The number of hydrogen-bond acceptors (Lipinski definition) is 6. The number of halogens is 1. The molecule has 0 aliphatic rings. The second-order valence-corrected chi connectivity index (χ2v) is 16.2. The third-order valence-corrected chi connectivity index (χ3v) is 8.11. The van der Waals surface area contributed by atoms with Crippen LogP contribution < -0.4 is 5.32 Å². The predicted octanol–water partition coefficient (Wildman–Crippen LogP) is 6.02. The van der Waals surface area contributed by atoms with E-state index in [9.17, 15) is 4.79 Å². The fraction of sp³-hybridized carbons (Fsp3) is 0.333. The number of anilines is 1. The maximum atomic E-state index is 11.7. The fourth-order valence-electron chi connectivity index (χ4n) is 3.46. The van der Waals surface area contributed by atoms with Crippen LogP contribution >= 0.6 is 22.9 Å². The highest BCUT2D eigenvalue weighted by Gasteiger charge is 2.18. The second-order valence-electron chi connectivity index (χ2n) is 9.31. The lowest BCUT2D eigenvalue weighted by atomic mass is 10.1. The molecule has 7 nitrogen and oxygen atoms in total. The summed E-state index contributed by atoms with van der Waals surface area (Å²) in [4.78, 5) is 25.6. The Hall–Kier alpha value is -2.59. The van der Waals surface area contributed by atoms with Gasteiger partial charge in [0.1, 0.15) is 18.3 Å². The van der Waals surface area contributed by atoms with E-state index in [2.05, 4.69) is 36.0 Å². The smallest absolute Gasteiger partial charge is 0.241 e. The van der Waals surface area contributed by atoms with Gasteiger partial charge in [0.15, 0.2) is 5.13 Å². The second kappa shape index (κ2) is 10.3. The molecule has 1 amide bonds. The SMILES string of the molecule is Cc1cccc(-c2ncn(COCC[Si](C)(C)C)c2-c2ccc3nc(NC(=O)CCl)sc3c2)n1. The van der Waals surface area contributed by atoms with Crippen LogP contribution in [0.25, 0.3) is 32.9 Å². The van der Waals surface area contributed by atoms with E-state index >= 15 is 0 Å². The van der Waals surface area contributed by atoms with Crippen LogP contribution in [-0.2, 0) is 16.3 Å². The van der Waals surface area contributed by atoms with Crippen LogP contribution in [0.15, 0.2) is 42.7 Å². The van der Waals surface area contributed by atoms with Gasteiger partial charge in [-0.25, -0.2) is 9.97 Å². The maximum Gasteiger partial charge on any atom is 0.241 e. The first kappa shape index (κ1) is 24.5. The van der Waals surface area contributed by atoms with Gasteiger partial charge in [-0.1, -0.05) is 43.1 Å². The average molecular weight is 514 g/mol. The van der Waals surface area contributed by atoms with Crippen molar-refractivity contribution in [2.45, 2.75) is 39.3 Å². The van der Waals surface area contributed by atoms with E-state index in [1.807, 2.05) is 48.1 Å². The third-order valence-electron chi connectivity index (χ3n) is 5.23. The van der Waals surface area contributed by atoms with E-state index < -0.39 is 8.07 Å². The van der Waals surface area contributed by atoms with E-state index in [1.165, 1.54) is 11.3 Å². The molecule has 0 radical (unpaired) electrons. The maximum absolute atomic E-state index is 11.7. The summed E-state index contributed by atoms with van der Waals surface area (Å²) in [6.07, 6.45) is 1.81. The molecule has 4 aromatic rings. The van der Waals surface area contributed by atoms with Gasteiger partial charge in [-0.15, -0.1) is 11.6 Å². The number of nitrogens with one attached hydrogen (secondary N) is 1. The molecule has 34 heavy (non-hydrogen) atoms. The molecule has 0 aliphatic heterocycles. The number of fused-ring (bicyclic) bond motifs is 1. The monoisotopic (exact) mass is 513 g/mol. The standard InChI is InChI=1S/C24H28ClN5O2SSi/c1-16-6-5-7-19(27-16)22-23(30(14-26-22)15-32-10-11-34(2,3)4)17-8-9-18-20(12-17)33-24(28-18)29-21(31)13-25/h5-9,12,14H,10-11,13,15H2,1-4H3,(H,28,29,31). The first-order chi connectivity index (χ1) is 16.2. The Kier molecular flexibility index (Phi) is 7.47. The van der Waals surface area contributed by atoms with Crippen LogP contribution in [0.1, 0.15) is 5.69 Å². The molecule has 0 aliphatic carbocycles. The summed E-state index contributed by atoms with van der Waals surface area (Å²) in [5, 5.41) is 3.26. The molecule has 0 unspecified atom stereocenters. The molecule has 1 N–H and O–H groups in total. The first-order valence-corrected chi connectivity index (χ1v) is 16.1. The number of amides is 1. The molecule has 178 valence electrons.